The first kappa shape index (κ1) is 54.1. The van der Waals surface area contributed by atoms with E-state index in [0.717, 1.165) is 79.8 Å². The van der Waals surface area contributed by atoms with E-state index in [1.165, 1.54) is 0 Å². The smallest absolute Gasteiger partial charge is 0.872 e. The summed E-state index contributed by atoms with van der Waals surface area (Å²) in [6.07, 6.45) is 0. The summed E-state index contributed by atoms with van der Waals surface area (Å²) in [5.41, 5.74) is -2.94. The van der Waals surface area contributed by atoms with Crippen molar-refractivity contribution in [2.24, 2.45) is 20.5 Å². The van der Waals surface area contributed by atoms with E-state index >= 15 is 0 Å². The molecule has 5 aromatic carbocycles. The summed E-state index contributed by atoms with van der Waals surface area (Å²) in [5.74, 6) is -4.11. The first-order chi connectivity index (χ1) is 25.0. The van der Waals surface area contributed by atoms with Crippen molar-refractivity contribution in [3.63, 3.8) is 0 Å². The maximum atomic E-state index is 13.5. The Kier molecular flexibility index (Phi) is 19.4. The van der Waals surface area contributed by atoms with Gasteiger partial charge in [0.1, 0.15) is 25.6 Å². The van der Waals surface area contributed by atoms with Gasteiger partial charge in [-0.1, -0.05) is 23.6 Å². The predicted molar refractivity (Wildman–Crippen MR) is 178 cm³/mol. The molecule has 0 heterocycles. The number of anilines is 1. The monoisotopic (exact) mass is 909 g/mol. The molecular formula is C30H19N5Na4O15S4. The summed E-state index contributed by atoms with van der Waals surface area (Å²) in [4.78, 5) is 8.03. The third-order valence-corrected chi connectivity index (χ3v) is 11.8. The van der Waals surface area contributed by atoms with Crippen molar-refractivity contribution in [3.05, 3.63) is 90.5 Å². The average Bonchev–Trinajstić information content (AvgIpc) is 3.08. The zero-order valence-electron chi connectivity index (χ0n) is 30.7. The van der Waals surface area contributed by atoms with Gasteiger partial charge in [0.2, 0.25) is 0 Å². The van der Waals surface area contributed by atoms with Crippen LogP contribution >= 0.6 is 0 Å². The number of nitrogens with zero attached hydrogens (tertiary/aromatic N) is 5. The number of carboxylic acid groups (broad SMARTS) is 1. The number of rotatable bonds is 11. The van der Waals surface area contributed by atoms with E-state index in [2.05, 4.69) is 20.5 Å². The minimum Gasteiger partial charge on any atom is -0.872 e. The van der Waals surface area contributed by atoms with Gasteiger partial charge in [0.25, 0.3) is 30.3 Å². The summed E-state index contributed by atoms with van der Waals surface area (Å²) < 4.78 is 129. The van der Waals surface area contributed by atoms with E-state index in [4.69, 9.17) is 0 Å². The Morgan fingerprint density at radius 1 is 0.638 bits per heavy atom. The zero-order chi connectivity index (χ0) is 40.0. The fourth-order valence-corrected chi connectivity index (χ4v) is 7.67. The molecule has 0 bridgehead atoms. The topological polar surface area (TPSA) is 339 Å². The van der Waals surface area contributed by atoms with Crippen LogP contribution in [-0.2, 0) is 40.4 Å². The van der Waals surface area contributed by atoms with Gasteiger partial charge in [-0.2, -0.15) is 27.1 Å². The van der Waals surface area contributed by atoms with Crippen LogP contribution in [0.1, 0.15) is 10.4 Å². The van der Waals surface area contributed by atoms with Gasteiger partial charge >= 0.3 is 118 Å². The van der Waals surface area contributed by atoms with Crippen molar-refractivity contribution < 1.29 is 186 Å². The minimum atomic E-state index is -5.29. The summed E-state index contributed by atoms with van der Waals surface area (Å²) in [5, 5.41) is 50.7. The molecule has 0 saturated heterocycles. The van der Waals surface area contributed by atoms with Crippen molar-refractivity contribution in [2.75, 3.05) is 11.4 Å². The van der Waals surface area contributed by atoms with E-state index in [1.807, 2.05) is 0 Å². The van der Waals surface area contributed by atoms with Crippen LogP contribution in [-0.4, -0.2) is 60.3 Å². The maximum Gasteiger partial charge on any atom is 1.00 e. The van der Waals surface area contributed by atoms with Gasteiger partial charge in [0, 0.05) is 7.05 Å². The van der Waals surface area contributed by atoms with Crippen LogP contribution in [0, 0.1) is 0 Å². The number of azo groups is 2. The van der Waals surface area contributed by atoms with Crippen molar-refractivity contribution in [3.8, 4) is 11.5 Å². The predicted octanol–water partition coefficient (Wildman–Crippen LogP) is -9.58. The van der Waals surface area contributed by atoms with E-state index in [1.54, 1.807) is 0 Å². The minimum absolute atomic E-state index is 0. The molecule has 0 fully saturated rings. The number of fused-ring (bicyclic) bond motifs is 1. The molecule has 0 aromatic heterocycles. The Balaban J connectivity index is 0.00000420. The Labute approximate surface area is 419 Å². The number of carbonyl (C=O) groups excluding carboxylic acids is 1. The van der Waals surface area contributed by atoms with Crippen LogP contribution in [0.25, 0.3) is 10.8 Å². The quantitative estimate of drug-likeness (QED) is 0.0706. The molecule has 5 aromatic rings. The van der Waals surface area contributed by atoms with E-state index in [-0.39, 0.29) is 146 Å². The van der Waals surface area contributed by atoms with E-state index in [9.17, 15) is 67.4 Å². The first-order valence-electron chi connectivity index (χ1n) is 14.3. The van der Waals surface area contributed by atoms with E-state index in [0.29, 0.717) is 16.4 Å². The fraction of sp³-hybridized carbons (Fsp3) is 0.0333. The van der Waals surface area contributed by atoms with Gasteiger partial charge in [-0.3, -0.25) is 13.4 Å². The number of hydrogen-bond donors (Lipinski definition) is 2. The van der Waals surface area contributed by atoms with Crippen LogP contribution in [0.3, 0.4) is 0 Å². The number of carbonyl (C=O) groups is 1. The van der Waals surface area contributed by atoms with Crippen LogP contribution in [0.5, 0.6) is 11.5 Å². The largest absolute Gasteiger partial charge is 1.00 e. The normalized spacial score (nSPS) is 11.9. The Hall–Kier alpha value is -1.89. The van der Waals surface area contributed by atoms with Crippen molar-refractivity contribution in [1.82, 2.24) is 0 Å². The zero-order valence-corrected chi connectivity index (χ0v) is 41.9. The third-order valence-electron chi connectivity index (χ3n) is 7.37. The summed E-state index contributed by atoms with van der Waals surface area (Å²) >= 11 is 0. The van der Waals surface area contributed by atoms with Crippen LogP contribution < -0.4 is 138 Å². The fourth-order valence-electron chi connectivity index (χ4n) is 4.69. The molecule has 0 saturated carbocycles. The molecule has 282 valence electrons. The molecule has 0 spiro atoms. The number of carboxylic acids is 1. The molecule has 0 unspecified atom stereocenters. The SMILES string of the molecule is CN(c1ccc2c([O-])c(N=Nc3ccc(N=Nc4ccc(S(=O)(=O)[O-])cc4)cc3S(=O)(=O)O)c(S(=O)(=O)O)cc2c1)S(=O)(=O)c1ccc([O-])c(C(=O)[O-])c1.[Na+].[Na+].[Na+].[Na+]. The molecule has 0 radical (unpaired) electrons. The number of benzene rings is 5. The summed E-state index contributed by atoms with van der Waals surface area (Å²) in [6, 6.07) is 13.1. The summed E-state index contributed by atoms with van der Waals surface area (Å²) in [6.45, 7) is 0. The number of hydrogen-bond acceptors (Lipinski definition) is 17. The van der Waals surface area contributed by atoms with Gasteiger partial charge in [-0.05, 0) is 89.1 Å². The third kappa shape index (κ3) is 12.4. The van der Waals surface area contributed by atoms with Gasteiger partial charge in [0.05, 0.1) is 38.5 Å². The molecule has 0 aliphatic carbocycles. The first-order valence-corrected chi connectivity index (χ1v) is 20.0. The second-order valence-electron chi connectivity index (χ2n) is 10.8. The van der Waals surface area contributed by atoms with Crippen molar-refractivity contribution in [2.45, 2.75) is 19.6 Å². The van der Waals surface area contributed by atoms with Crippen LogP contribution in [0.4, 0.5) is 28.4 Å². The standard InChI is InChI=1S/C30H23N5O15S4.4Na/c1-35(51(40,41)21-8-11-25(36)23(15-21)30(38)39)19-5-9-22-16(12-19)13-27(54(48,49)50)28(29(22)37)34-33-24-10-4-18(14-26(24)53(45,46)47)32-31-17-2-6-20(7-3-17)52(42,43)44;;;;/h2-15,36-37H,1H3,(H,38,39)(H,42,43,44)(H,45,46,47)(H,48,49,50);;;;/q;4*+1/p-4. The van der Waals surface area contributed by atoms with Gasteiger partial charge < -0.3 is 24.7 Å². The summed E-state index contributed by atoms with van der Waals surface area (Å²) in [7, 11) is -18.7. The second kappa shape index (κ2) is 20.8. The molecule has 0 atom stereocenters. The second-order valence-corrected chi connectivity index (χ2v) is 17.0. The van der Waals surface area contributed by atoms with Gasteiger partial charge in [0.15, 0.2) is 0 Å². The Bertz CT molecular complexity index is 2900. The van der Waals surface area contributed by atoms with Crippen LogP contribution in [0.15, 0.2) is 125 Å². The number of aromatic carboxylic acids is 1. The molecule has 0 aliphatic rings. The molecule has 0 aliphatic heterocycles. The molecule has 28 heteroatoms. The van der Waals surface area contributed by atoms with Crippen LogP contribution in [0.2, 0.25) is 0 Å². The molecule has 58 heavy (non-hydrogen) atoms. The Morgan fingerprint density at radius 3 is 1.74 bits per heavy atom. The molecule has 2 N–H and O–H groups in total. The maximum absolute atomic E-state index is 13.5. The van der Waals surface area contributed by atoms with E-state index < -0.39 is 94.4 Å². The average molecular weight is 910 g/mol. The molecular weight excluding hydrogens is 891 g/mol. The van der Waals surface area contributed by atoms with Crippen molar-refractivity contribution in [1.29, 1.82) is 0 Å². The Morgan fingerprint density at radius 2 is 1.19 bits per heavy atom. The molecule has 0 amide bonds. The molecule has 20 nitrogen and oxygen atoms in total. The van der Waals surface area contributed by atoms with Crippen molar-refractivity contribution >= 4 is 85.6 Å². The number of sulfonamides is 1. The van der Waals surface area contributed by atoms with Gasteiger partial charge in [-0.25, -0.2) is 16.8 Å². The molecule has 5 rings (SSSR count). The van der Waals surface area contributed by atoms with Gasteiger partial charge in [-0.15, -0.1) is 10.2 Å².